The molecule has 0 atom stereocenters. The van der Waals surface area contributed by atoms with Crippen LogP contribution in [0.3, 0.4) is 0 Å². The van der Waals surface area contributed by atoms with Crippen LogP contribution in [-0.4, -0.2) is 52.6 Å². The second-order valence-electron chi connectivity index (χ2n) is 9.14. The summed E-state index contributed by atoms with van der Waals surface area (Å²) in [5, 5.41) is 9.69. The molecular formula is C21H33N5O. The van der Waals surface area contributed by atoms with Gasteiger partial charge in [0, 0.05) is 18.0 Å². The number of nitrogen functional groups attached to an aromatic ring is 1. The molecule has 1 aromatic rings. The zero-order chi connectivity index (χ0) is 20.4. The van der Waals surface area contributed by atoms with Crippen molar-refractivity contribution in [1.82, 2.24) is 9.88 Å². The van der Waals surface area contributed by atoms with Crippen molar-refractivity contribution in [3.8, 4) is 5.75 Å². The Morgan fingerprint density at radius 3 is 2.44 bits per heavy atom. The number of hydrogen-bond donors (Lipinski definition) is 2. The molecule has 0 aliphatic heterocycles. The molecule has 27 heavy (non-hydrogen) atoms. The van der Waals surface area contributed by atoms with Gasteiger partial charge in [-0.3, -0.25) is 4.99 Å². The molecule has 3 N–H and O–H groups in total. The monoisotopic (exact) mass is 371 g/mol. The molecule has 0 amide bonds. The summed E-state index contributed by atoms with van der Waals surface area (Å²) in [6.07, 6.45) is 5.82. The van der Waals surface area contributed by atoms with Gasteiger partial charge in [-0.2, -0.15) is 0 Å². The summed E-state index contributed by atoms with van der Waals surface area (Å²) in [5.41, 5.74) is 8.45. The fourth-order valence-corrected chi connectivity index (χ4v) is 3.56. The fourth-order valence-electron chi connectivity index (χ4n) is 3.56. The van der Waals surface area contributed by atoms with Crippen molar-refractivity contribution < 1.29 is 5.11 Å². The second-order valence-corrected chi connectivity index (χ2v) is 9.14. The van der Waals surface area contributed by atoms with Crippen LogP contribution in [0.2, 0.25) is 0 Å². The van der Waals surface area contributed by atoms with Gasteiger partial charge in [0.2, 0.25) is 0 Å². The topological polar surface area (TPSA) is 87.1 Å². The summed E-state index contributed by atoms with van der Waals surface area (Å²) in [5.74, 6) is 0.643. The molecule has 0 saturated heterocycles. The smallest absolute Gasteiger partial charge is 0.168 e. The maximum absolute atomic E-state index is 9.69. The number of aromatic hydroxyl groups is 1. The molecule has 0 bridgehead atoms. The Morgan fingerprint density at radius 1 is 1.22 bits per heavy atom. The quantitative estimate of drug-likeness (QED) is 0.840. The van der Waals surface area contributed by atoms with Crippen LogP contribution in [0.1, 0.15) is 46.1 Å². The van der Waals surface area contributed by atoms with E-state index in [4.69, 9.17) is 15.7 Å². The molecule has 1 heterocycles. The molecule has 0 unspecified atom stereocenters. The van der Waals surface area contributed by atoms with Crippen molar-refractivity contribution in [3.63, 3.8) is 0 Å². The number of hydrogen-bond acceptors (Lipinski definition) is 6. The molecule has 6 heteroatoms. The number of aliphatic imine (C=N–C) groups is 2. The molecule has 0 fully saturated rings. The normalized spacial score (nSPS) is 20.4. The summed E-state index contributed by atoms with van der Waals surface area (Å²) in [7, 11) is 4.14. The third-order valence-electron chi connectivity index (χ3n) is 4.38. The van der Waals surface area contributed by atoms with Gasteiger partial charge in [-0.15, -0.1) is 0 Å². The van der Waals surface area contributed by atoms with Gasteiger partial charge in [-0.1, -0.05) is 13.8 Å². The van der Waals surface area contributed by atoms with E-state index in [2.05, 4.69) is 57.8 Å². The molecule has 0 aromatic carbocycles. The van der Waals surface area contributed by atoms with Crippen LogP contribution in [0.25, 0.3) is 0 Å². The van der Waals surface area contributed by atoms with E-state index in [0.29, 0.717) is 5.82 Å². The zero-order valence-electron chi connectivity index (χ0n) is 17.7. The van der Waals surface area contributed by atoms with Gasteiger partial charge >= 0.3 is 0 Å². The minimum atomic E-state index is -0.148. The first-order chi connectivity index (χ1) is 12.4. The van der Waals surface area contributed by atoms with Crippen LogP contribution >= 0.6 is 0 Å². The number of pyridine rings is 1. The summed E-state index contributed by atoms with van der Waals surface area (Å²) in [6.45, 7) is 11.5. The fraction of sp³-hybridized carbons (Fsp3) is 0.571. The highest BCUT2D eigenvalue weighted by atomic mass is 16.3. The Bertz CT molecular complexity index is 788. The standard InChI is InChI=1S/C21H33N5O/c1-14-10-17(27)18(22)24-19(14)23-15-8-9-16(12-20(2,3)11-15)25-21(4,5)13-26(6)7/h8-10,27H,11-13H2,1-7H3,(H2,22,24). The molecule has 6 nitrogen and oxygen atoms in total. The van der Waals surface area contributed by atoms with E-state index in [1.807, 2.05) is 13.0 Å². The molecule has 0 spiro atoms. The second kappa shape index (κ2) is 7.80. The molecule has 2 rings (SSSR count). The summed E-state index contributed by atoms with van der Waals surface area (Å²) in [4.78, 5) is 16.1. The Hall–Kier alpha value is -2.21. The van der Waals surface area contributed by atoms with Gasteiger partial charge in [0.1, 0.15) is 0 Å². The van der Waals surface area contributed by atoms with Crippen molar-refractivity contribution in [2.45, 2.75) is 53.0 Å². The summed E-state index contributed by atoms with van der Waals surface area (Å²) < 4.78 is 0. The number of likely N-dealkylation sites (N-methyl/N-ethyl adjacent to an activating group) is 1. The van der Waals surface area contributed by atoms with Crippen LogP contribution in [-0.2, 0) is 0 Å². The highest BCUT2D eigenvalue weighted by Gasteiger charge is 2.26. The lowest BCUT2D eigenvalue weighted by atomic mass is 9.83. The van der Waals surface area contributed by atoms with E-state index in [0.717, 1.165) is 36.4 Å². The first-order valence-electron chi connectivity index (χ1n) is 9.32. The van der Waals surface area contributed by atoms with E-state index in [-0.39, 0.29) is 22.5 Å². The van der Waals surface area contributed by atoms with Crippen molar-refractivity contribution in [2.24, 2.45) is 15.4 Å². The highest BCUT2D eigenvalue weighted by Crippen LogP contribution is 2.32. The van der Waals surface area contributed by atoms with Gasteiger partial charge in [0.15, 0.2) is 17.4 Å². The highest BCUT2D eigenvalue weighted by molar-refractivity contribution is 6.06. The third-order valence-corrected chi connectivity index (χ3v) is 4.38. The molecule has 1 aliphatic carbocycles. The molecule has 0 radical (unpaired) electrons. The van der Waals surface area contributed by atoms with Gasteiger partial charge in [0.05, 0.1) is 5.54 Å². The number of anilines is 1. The molecule has 0 saturated carbocycles. The minimum absolute atomic E-state index is 0.00858. The van der Waals surface area contributed by atoms with E-state index >= 15 is 0 Å². The van der Waals surface area contributed by atoms with Crippen LogP contribution in [0.4, 0.5) is 11.6 Å². The van der Waals surface area contributed by atoms with Crippen LogP contribution in [0.5, 0.6) is 5.75 Å². The van der Waals surface area contributed by atoms with E-state index in [1.165, 1.54) is 0 Å². The molecule has 148 valence electrons. The minimum Gasteiger partial charge on any atom is -0.504 e. The van der Waals surface area contributed by atoms with Crippen molar-refractivity contribution in [3.05, 3.63) is 23.8 Å². The Morgan fingerprint density at radius 2 is 1.81 bits per heavy atom. The lowest BCUT2D eigenvalue weighted by Gasteiger charge is -2.27. The Kier molecular flexibility index (Phi) is 6.10. The van der Waals surface area contributed by atoms with Gasteiger partial charge in [0.25, 0.3) is 0 Å². The summed E-state index contributed by atoms with van der Waals surface area (Å²) in [6, 6.07) is 1.60. The number of nitrogens with zero attached hydrogens (tertiary/aromatic N) is 4. The molecular weight excluding hydrogens is 338 g/mol. The number of aryl methyl sites for hydroxylation is 1. The average Bonchev–Trinajstić information content (AvgIpc) is 2.60. The first-order valence-corrected chi connectivity index (χ1v) is 9.32. The molecule has 1 aromatic heterocycles. The molecule has 1 aliphatic rings. The Balaban J connectivity index is 2.38. The zero-order valence-corrected chi connectivity index (χ0v) is 17.7. The van der Waals surface area contributed by atoms with Gasteiger partial charge in [-0.05, 0) is 76.9 Å². The van der Waals surface area contributed by atoms with Crippen LogP contribution in [0, 0.1) is 12.3 Å². The first kappa shape index (κ1) is 21.1. The summed E-state index contributed by atoms with van der Waals surface area (Å²) >= 11 is 0. The maximum Gasteiger partial charge on any atom is 0.168 e. The number of rotatable bonds is 4. The van der Waals surface area contributed by atoms with Crippen LogP contribution < -0.4 is 5.73 Å². The lowest BCUT2D eigenvalue weighted by Crippen LogP contribution is -2.34. The third kappa shape index (κ3) is 6.17. The Labute approximate surface area is 162 Å². The predicted octanol–water partition coefficient (Wildman–Crippen LogP) is 3.91. The lowest BCUT2D eigenvalue weighted by molar-refractivity contribution is 0.317. The van der Waals surface area contributed by atoms with Crippen molar-refractivity contribution in [2.75, 3.05) is 26.4 Å². The van der Waals surface area contributed by atoms with Crippen molar-refractivity contribution >= 4 is 23.1 Å². The average molecular weight is 372 g/mol. The van der Waals surface area contributed by atoms with Gasteiger partial charge in [-0.25, -0.2) is 9.98 Å². The number of allylic oxidation sites excluding steroid dienone is 2. The van der Waals surface area contributed by atoms with E-state index in [9.17, 15) is 5.11 Å². The van der Waals surface area contributed by atoms with Crippen LogP contribution in [0.15, 0.2) is 28.2 Å². The van der Waals surface area contributed by atoms with E-state index in [1.54, 1.807) is 6.07 Å². The van der Waals surface area contributed by atoms with E-state index < -0.39 is 0 Å². The largest absolute Gasteiger partial charge is 0.504 e. The maximum atomic E-state index is 9.69. The number of aromatic nitrogens is 1. The van der Waals surface area contributed by atoms with Gasteiger partial charge < -0.3 is 15.7 Å². The SMILES string of the molecule is Cc1cc(O)c(N)nc1N=C1C=CC(=NC(C)(C)CN(C)C)CC(C)(C)C1. The predicted molar refractivity (Wildman–Crippen MR) is 114 cm³/mol. The number of nitrogens with two attached hydrogens (primary N) is 1. The van der Waals surface area contributed by atoms with Crippen molar-refractivity contribution in [1.29, 1.82) is 0 Å².